The molecule has 0 aliphatic carbocycles. The molecule has 0 spiro atoms. The second kappa shape index (κ2) is 4.33. The highest BCUT2D eigenvalue weighted by atomic mass is 35.5. The van der Waals surface area contributed by atoms with Crippen LogP contribution in [0.15, 0.2) is 18.2 Å². The van der Waals surface area contributed by atoms with Crippen molar-refractivity contribution in [1.82, 2.24) is 5.32 Å². The van der Waals surface area contributed by atoms with Crippen LogP contribution >= 0.6 is 11.6 Å². The zero-order valence-electron chi connectivity index (χ0n) is 7.10. The maximum absolute atomic E-state index is 5.77. The van der Waals surface area contributed by atoms with Crippen molar-refractivity contribution in [3.05, 3.63) is 28.8 Å². The van der Waals surface area contributed by atoms with Crippen molar-refractivity contribution in [1.29, 1.82) is 0 Å². The number of likely N-dealkylation sites (N-methyl/N-ethyl adjacent to an activating group) is 1. The van der Waals surface area contributed by atoms with E-state index in [0.29, 0.717) is 10.7 Å². The van der Waals surface area contributed by atoms with Crippen molar-refractivity contribution in [3.8, 4) is 0 Å². The standard InChI is InChI=1S/C9H13ClN2/c1-12-5-4-7-2-3-8(10)9(11)6-7/h2-3,6,12H,4-5,11H2,1H3. The van der Waals surface area contributed by atoms with Gasteiger partial charge >= 0.3 is 0 Å². The molecule has 0 fully saturated rings. The van der Waals surface area contributed by atoms with Crippen LogP contribution in [0, 0.1) is 0 Å². The van der Waals surface area contributed by atoms with E-state index in [1.807, 2.05) is 25.2 Å². The molecule has 1 aromatic rings. The van der Waals surface area contributed by atoms with Gasteiger partial charge < -0.3 is 11.1 Å². The van der Waals surface area contributed by atoms with E-state index in [2.05, 4.69) is 5.32 Å². The van der Waals surface area contributed by atoms with Crippen LogP contribution in [-0.4, -0.2) is 13.6 Å². The molecule has 3 heteroatoms. The van der Waals surface area contributed by atoms with Gasteiger partial charge in [-0.3, -0.25) is 0 Å². The van der Waals surface area contributed by atoms with Crippen molar-refractivity contribution in [3.63, 3.8) is 0 Å². The predicted octanol–water partition coefficient (Wildman–Crippen LogP) is 1.68. The Labute approximate surface area is 77.7 Å². The number of benzene rings is 1. The van der Waals surface area contributed by atoms with Crippen molar-refractivity contribution < 1.29 is 0 Å². The van der Waals surface area contributed by atoms with Crippen LogP contribution in [0.1, 0.15) is 5.56 Å². The zero-order valence-corrected chi connectivity index (χ0v) is 7.86. The highest BCUT2D eigenvalue weighted by molar-refractivity contribution is 6.33. The summed E-state index contributed by atoms with van der Waals surface area (Å²) in [5, 5.41) is 3.70. The van der Waals surface area contributed by atoms with E-state index in [-0.39, 0.29) is 0 Å². The number of hydrogen-bond acceptors (Lipinski definition) is 2. The Morgan fingerprint density at radius 1 is 1.50 bits per heavy atom. The second-order valence-electron chi connectivity index (χ2n) is 2.71. The number of anilines is 1. The summed E-state index contributed by atoms with van der Waals surface area (Å²) in [6.45, 7) is 0.959. The highest BCUT2D eigenvalue weighted by Gasteiger charge is 1.96. The normalized spacial score (nSPS) is 10.2. The van der Waals surface area contributed by atoms with Gasteiger partial charge in [-0.15, -0.1) is 0 Å². The molecular formula is C9H13ClN2. The number of nitrogen functional groups attached to an aromatic ring is 1. The lowest BCUT2D eigenvalue weighted by atomic mass is 10.1. The zero-order chi connectivity index (χ0) is 8.97. The number of nitrogens with two attached hydrogens (primary N) is 1. The molecule has 0 atom stereocenters. The Hall–Kier alpha value is -0.730. The molecule has 0 saturated heterocycles. The van der Waals surface area contributed by atoms with Gasteiger partial charge in [-0.1, -0.05) is 17.7 Å². The third-order valence-corrected chi connectivity index (χ3v) is 2.07. The van der Waals surface area contributed by atoms with Gasteiger partial charge in [-0.25, -0.2) is 0 Å². The summed E-state index contributed by atoms with van der Waals surface area (Å²) in [6.07, 6.45) is 0.984. The Morgan fingerprint density at radius 2 is 2.25 bits per heavy atom. The quantitative estimate of drug-likeness (QED) is 0.702. The molecule has 66 valence electrons. The molecule has 0 aliphatic rings. The smallest absolute Gasteiger partial charge is 0.0635 e. The molecule has 0 amide bonds. The molecule has 1 aromatic carbocycles. The summed E-state index contributed by atoms with van der Waals surface area (Å²) >= 11 is 5.77. The summed E-state index contributed by atoms with van der Waals surface area (Å²) in [4.78, 5) is 0. The van der Waals surface area contributed by atoms with Crippen LogP contribution < -0.4 is 11.1 Å². The third kappa shape index (κ3) is 2.40. The van der Waals surface area contributed by atoms with E-state index in [0.717, 1.165) is 13.0 Å². The number of rotatable bonds is 3. The van der Waals surface area contributed by atoms with Crippen LogP contribution in [0.2, 0.25) is 5.02 Å². The van der Waals surface area contributed by atoms with Gasteiger partial charge in [0.2, 0.25) is 0 Å². The molecule has 2 nitrogen and oxygen atoms in total. The molecule has 0 heterocycles. The molecule has 0 radical (unpaired) electrons. The molecule has 0 bridgehead atoms. The van der Waals surface area contributed by atoms with E-state index >= 15 is 0 Å². The summed E-state index contributed by atoms with van der Waals surface area (Å²) in [6, 6.07) is 5.75. The second-order valence-corrected chi connectivity index (χ2v) is 3.12. The van der Waals surface area contributed by atoms with Gasteiger partial charge in [-0.2, -0.15) is 0 Å². The lowest BCUT2D eigenvalue weighted by Crippen LogP contribution is -2.10. The lowest BCUT2D eigenvalue weighted by Gasteiger charge is -2.03. The topological polar surface area (TPSA) is 38.0 Å². The molecule has 0 aliphatic heterocycles. The van der Waals surface area contributed by atoms with Gasteiger partial charge in [-0.05, 0) is 37.7 Å². The van der Waals surface area contributed by atoms with Crippen LogP contribution in [0.3, 0.4) is 0 Å². The summed E-state index contributed by atoms with van der Waals surface area (Å²) in [5.74, 6) is 0. The Bertz CT molecular complexity index is 261. The summed E-state index contributed by atoms with van der Waals surface area (Å²) in [5.41, 5.74) is 7.51. The van der Waals surface area contributed by atoms with Gasteiger partial charge in [0.1, 0.15) is 0 Å². The summed E-state index contributed by atoms with van der Waals surface area (Å²) in [7, 11) is 1.93. The molecular weight excluding hydrogens is 172 g/mol. The molecule has 0 aromatic heterocycles. The average Bonchev–Trinajstić information content (AvgIpc) is 2.07. The first-order valence-corrected chi connectivity index (χ1v) is 4.30. The molecule has 0 saturated carbocycles. The maximum Gasteiger partial charge on any atom is 0.0635 e. The lowest BCUT2D eigenvalue weighted by molar-refractivity contribution is 0.792. The van der Waals surface area contributed by atoms with Crippen molar-refractivity contribution in [2.24, 2.45) is 0 Å². The minimum Gasteiger partial charge on any atom is -0.398 e. The fraction of sp³-hybridized carbons (Fsp3) is 0.333. The highest BCUT2D eigenvalue weighted by Crippen LogP contribution is 2.19. The largest absolute Gasteiger partial charge is 0.398 e. The van der Waals surface area contributed by atoms with Gasteiger partial charge in [0, 0.05) is 0 Å². The SMILES string of the molecule is CNCCc1ccc(Cl)c(N)c1. The Morgan fingerprint density at radius 3 is 2.83 bits per heavy atom. The molecule has 3 N–H and O–H groups in total. The van der Waals surface area contributed by atoms with E-state index in [9.17, 15) is 0 Å². The molecule has 0 unspecified atom stereocenters. The first-order chi connectivity index (χ1) is 5.74. The van der Waals surface area contributed by atoms with Crippen LogP contribution in [0.5, 0.6) is 0 Å². The van der Waals surface area contributed by atoms with E-state index in [1.165, 1.54) is 5.56 Å². The molecule has 1 rings (SSSR count). The van der Waals surface area contributed by atoms with Crippen molar-refractivity contribution in [2.75, 3.05) is 19.3 Å². The van der Waals surface area contributed by atoms with Crippen LogP contribution in [0.4, 0.5) is 5.69 Å². The first-order valence-electron chi connectivity index (χ1n) is 3.92. The van der Waals surface area contributed by atoms with Crippen molar-refractivity contribution >= 4 is 17.3 Å². The van der Waals surface area contributed by atoms with Gasteiger partial charge in [0.15, 0.2) is 0 Å². The Balaban J connectivity index is 2.69. The van der Waals surface area contributed by atoms with Crippen molar-refractivity contribution in [2.45, 2.75) is 6.42 Å². The minimum absolute atomic E-state index is 0.628. The predicted molar refractivity (Wildman–Crippen MR) is 53.5 cm³/mol. The van der Waals surface area contributed by atoms with E-state index in [1.54, 1.807) is 0 Å². The monoisotopic (exact) mass is 184 g/mol. The number of nitrogens with one attached hydrogen (secondary N) is 1. The van der Waals surface area contributed by atoms with E-state index < -0.39 is 0 Å². The third-order valence-electron chi connectivity index (χ3n) is 1.72. The fourth-order valence-corrected chi connectivity index (χ4v) is 1.14. The van der Waals surface area contributed by atoms with Crippen LogP contribution in [0.25, 0.3) is 0 Å². The number of hydrogen-bond donors (Lipinski definition) is 2. The van der Waals surface area contributed by atoms with Gasteiger partial charge in [0.05, 0.1) is 10.7 Å². The van der Waals surface area contributed by atoms with Gasteiger partial charge in [0.25, 0.3) is 0 Å². The average molecular weight is 185 g/mol. The number of halogens is 1. The maximum atomic E-state index is 5.77. The minimum atomic E-state index is 0.628. The first kappa shape index (κ1) is 9.36. The van der Waals surface area contributed by atoms with E-state index in [4.69, 9.17) is 17.3 Å². The summed E-state index contributed by atoms with van der Waals surface area (Å²) < 4.78 is 0. The van der Waals surface area contributed by atoms with Crippen LogP contribution in [-0.2, 0) is 6.42 Å². The fourth-order valence-electron chi connectivity index (χ4n) is 1.02. The Kier molecular flexibility index (Phi) is 3.38. The molecule has 12 heavy (non-hydrogen) atoms.